The van der Waals surface area contributed by atoms with E-state index in [-0.39, 0.29) is 22.8 Å². The minimum Gasteiger partial charge on any atom is -0.506 e. The van der Waals surface area contributed by atoms with Crippen LogP contribution in [0.2, 0.25) is 0 Å². The van der Waals surface area contributed by atoms with Gasteiger partial charge in [0.25, 0.3) is 0 Å². The van der Waals surface area contributed by atoms with Crippen LogP contribution in [0.15, 0.2) is 86.5 Å². The third-order valence-electron chi connectivity index (χ3n) is 5.03. The first-order valence-corrected chi connectivity index (χ1v) is 9.87. The lowest BCUT2D eigenvalue weighted by atomic mass is 9.96. The first-order chi connectivity index (χ1) is 15.0. The van der Waals surface area contributed by atoms with Gasteiger partial charge in [-0.3, -0.25) is 9.59 Å². The molecule has 0 aliphatic heterocycles. The van der Waals surface area contributed by atoms with Crippen LogP contribution in [0, 0.1) is 0 Å². The second kappa shape index (κ2) is 8.75. The highest BCUT2D eigenvalue weighted by atomic mass is 16.4. The van der Waals surface area contributed by atoms with Crippen LogP contribution in [0.4, 0.5) is 5.69 Å². The molecule has 6 nitrogen and oxygen atoms in total. The summed E-state index contributed by atoms with van der Waals surface area (Å²) in [5, 5.41) is 10.8. The Hall–Kier alpha value is -4.06. The zero-order chi connectivity index (χ0) is 21.8. The van der Waals surface area contributed by atoms with Crippen molar-refractivity contribution in [3.63, 3.8) is 0 Å². The molecular formula is C25H19NO5. The van der Waals surface area contributed by atoms with Crippen molar-refractivity contribution >= 4 is 29.2 Å². The Bertz CT molecular complexity index is 1250. The van der Waals surface area contributed by atoms with Crippen molar-refractivity contribution in [3.8, 4) is 0 Å². The number of rotatable bonds is 5. The van der Waals surface area contributed by atoms with Crippen molar-refractivity contribution in [2.75, 3.05) is 0 Å². The molecular weight excluding hydrogens is 394 g/mol. The summed E-state index contributed by atoms with van der Waals surface area (Å²) in [5.41, 5.74) is 0.245. The fourth-order valence-corrected chi connectivity index (χ4v) is 3.41. The lowest BCUT2D eigenvalue weighted by Gasteiger charge is -2.12. The molecule has 3 aromatic rings. The van der Waals surface area contributed by atoms with Gasteiger partial charge in [-0.15, -0.1) is 0 Å². The Morgan fingerprint density at radius 2 is 1.58 bits per heavy atom. The van der Waals surface area contributed by atoms with Crippen molar-refractivity contribution in [2.24, 2.45) is 4.99 Å². The summed E-state index contributed by atoms with van der Waals surface area (Å²) in [5.74, 6) is -0.464. The van der Waals surface area contributed by atoms with Crippen molar-refractivity contribution in [1.29, 1.82) is 0 Å². The van der Waals surface area contributed by atoms with E-state index >= 15 is 0 Å². The van der Waals surface area contributed by atoms with E-state index in [4.69, 9.17) is 4.42 Å². The molecule has 0 radical (unpaired) electrons. The highest BCUT2D eigenvalue weighted by Crippen LogP contribution is 2.24. The average Bonchev–Trinajstić information content (AvgIpc) is 2.80. The molecule has 1 N–H and O–H groups in total. The van der Waals surface area contributed by atoms with Crippen LogP contribution in [0.25, 0.3) is 5.76 Å². The SMILES string of the molecule is O=C(C(C=Nc1cc2c(oc1=O)CCCC2=O)=C(O)c1ccccc1)c1ccccc1. The largest absolute Gasteiger partial charge is 0.506 e. The second-order valence-corrected chi connectivity index (χ2v) is 7.11. The van der Waals surface area contributed by atoms with Crippen molar-refractivity contribution < 1.29 is 19.1 Å². The Morgan fingerprint density at radius 1 is 0.935 bits per heavy atom. The molecule has 4 rings (SSSR count). The lowest BCUT2D eigenvalue weighted by molar-refractivity contribution is 0.0965. The number of hydrogen-bond acceptors (Lipinski definition) is 6. The van der Waals surface area contributed by atoms with Gasteiger partial charge in [0.05, 0.1) is 11.1 Å². The zero-order valence-electron chi connectivity index (χ0n) is 16.6. The second-order valence-electron chi connectivity index (χ2n) is 7.11. The molecule has 0 saturated heterocycles. The maximum atomic E-state index is 13.1. The van der Waals surface area contributed by atoms with Gasteiger partial charge >= 0.3 is 5.63 Å². The summed E-state index contributed by atoms with van der Waals surface area (Å²) in [7, 11) is 0. The van der Waals surface area contributed by atoms with Crippen LogP contribution in [0.5, 0.6) is 0 Å². The number of allylic oxidation sites excluding steroid dienone is 1. The maximum absolute atomic E-state index is 13.1. The molecule has 0 unspecified atom stereocenters. The number of aliphatic imine (C=N–C) groups is 1. The number of aryl methyl sites for hydroxylation is 1. The smallest absolute Gasteiger partial charge is 0.362 e. The van der Waals surface area contributed by atoms with E-state index in [9.17, 15) is 19.5 Å². The number of ketones is 2. The standard InChI is InChI=1S/C25H19NO5/c27-21-12-7-13-22-18(21)14-20(25(30)31-22)26-15-19(23(28)16-8-3-1-4-9-16)24(29)17-10-5-2-6-11-17/h1-6,8-11,14-15,28H,7,12-13H2. The molecule has 0 bridgehead atoms. The molecule has 1 aromatic heterocycles. The van der Waals surface area contributed by atoms with E-state index in [2.05, 4.69) is 4.99 Å². The Labute approximate surface area is 178 Å². The Balaban J connectivity index is 1.80. The van der Waals surface area contributed by atoms with Gasteiger partial charge in [-0.25, -0.2) is 9.79 Å². The third-order valence-corrected chi connectivity index (χ3v) is 5.03. The molecule has 2 aromatic carbocycles. The van der Waals surface area contributed by atoms with Gasteiger partial charge in [-0.05, 0) is 12.5 Å². The van der Waals surface area contributed by atoms with E-state index in [1.54, 1.807) is 60.7 Å². The van der Waals surface area contributed by atoms with Crippen LogP contribution < -0.4 is 5.63 Å². The summed E-state index contributed by atoms with van der Waals surface area (Å²) >= 11 is 0. The fraction of sp³-hybridized carbons (Fsp3) is 0.120. The van der Waals surface area contributed by atoms with E-state index in [0.717, 1.165) is 6.21 Å². The molecule has 0 atom stereocenters. The van der Waals surface area contributed by atoms with Crippen LogP contribution in [-0.4, -0.2) is 22.9 Å². The number of carbonyl (C=O) groups is 2. The first kappa shape index (κ1) is 20.2. The van der Waals surface area contributed by atoms with E-state index < -0.39 is 11.4 Å². The van der Waals surface area contributed by atoms with Crippen molar-refractivity contribution in [3.05, 3.63) is 105 Å². The summed E-state index contributed by atoms with van der Waals surface area (Å²) in [6, 6.07) is 18.4. The third kappa shape index (κ3) is 4.28. The first-order valence-electron chi connectivity index (χ1n) is 9.87. The normalized spacial score (nSPS) is 14.3. The predicted octanol–water partition coefficient (Wildman–Crippen LogP) is 4.71. The summed E-state index contributed by atoms with van der Waals surface area (Å²) in [4.78, 5) is 41.7. The number of Topliss-reactive ketones (excluding diaryl/α,β-unsaturated/α-hetero) is 2. The van der Waals surface area contributed by atoms with Crippen LogP contribution in [0.1, 0.15) is 44.9 Å². The number of carbonyl (C=O) groups excluding carboxylic acids is 2. The molecule has 0 fully saturated rings. The maximum Gasteiger partial charge on any atom is 0.362 e. The molecule has 0 spiro atoms. The van der Waals surface area contributed by atoms with Gasteiger partial charge in [-0.2, -0.15) is 0 Å². The molecule has 154 valence electrons. The van der Waals surface area contributed by atoms with Gasteiger partial charge in [0.2, 0.25) is 0 Å². The van der Waals surface area contributed by atoms with Crippen LogP contribution >= 0.6 is 0 Å². The summed E-state index contributed by atoms with van der Waals surface area (Å²) in [6.07, 6.45) is 2.69. The number of hydrogen-bond donors (Lipinski definition) is 1. The average molecular weight is 413 g/mol. The van der Waals surface area contributed by atoms with E-state index in [1.165, 1.54) is 6.07 Å². The Morgan fingerprint density at radius 3 is 2.26 bits per heavy atom. The zero-order valence-corrected chi connectivity index (χ0v) is 16.6. The molecule has 1 aliphatic rings. The van der Waals surface area contributed by atoms with Gasteiger partial charge < -0.3 is 9.52 Å². The molecule has 31 heavy (non-hydrogen) atoms. The topological polar surface area (TPSA) is 96.9 Å². The molecule has 1 heterocycles. The quantitative estimate of drug-likeness (QED) is 0.283. The fourth-order valence-electron chi connectivity index (χ4n) is 3.41. The summed E-state index contributed by atoms with van der Waals surface area (Å²) in [6.45, 7) is 0. The van der Waals surface area contributed by atoms with E-state index in [0.29, 0.717) is 41.7 Å². The van der Waals surface area contributed by atoms with Gasteiger partial charge in [0, 0.05) is 30.2 Å². The number of aliphatic hydroxyl groups excluding tert-OH is 1. The minimum atomic E-state index is -0.699. The monoisotopic (exact) mass is 413 g/mol. The van der Waals surface area contributed by atoms with Crippen molar-refractivity contribution in [1.82, 2.24) is 0 Å². The van der Waals surface area contributed by atoms with Gasteiger partial charge in [-0.1, -0.05) is 60.7 Å². The molecule has 0 saturated carbocycles. The number of fused-ring (bicyclic) bond motifs is 1. The molecule has 6 heteroatoms. The lowest BCUT2D eigenvalue weighted by Crippen LogP contribution is -2.14. The highest BCUT2D eigenvalue weighted by Gasteiger charge is 2.22. The number of benzene rings is 2. The van der Waals surface area contributed by atoms with Crippen LogP contribution in [0.3, 0.4) is 0 Å². The number of nitrogens with zero attached hydrogens (tertiary/aromatic N) is 1. The molecule has 0 amide bonds. The predicted molar refractivity (Wildman–Crippen MR) is 117 cm³/mol. The van der Waals surface area contributed by atoms with Crippen LogP contribution in [-0.2, 0) is 6.42 Å². The molecule has 1 aliphatic carbocycles. The number of aliphatic hydroxyl groups is 1. The van der Waals surface area contributed by atoms with Gasteiger partial charge in [0.1, 0.15) is 17.2 Å². The van der Waals surface area contributed by atoms with Crippen molar-refractivity contribution in [2.45, 2.75) is 19.3 Å². The van der Waals surface area contributed by atoms with Gasteiger partial charge in [0.15, 0.2) is 11.6 Å². The Kier molecular flexibility index (Phi) is 5.71. The highest BCUT2D eigenvalue weighted by molar-refractivity contribution is 6.25. The summed E-state index contributed by atoms with van der Waals surface area (Å²) < 4.78 is 5.27. The van der Waals surface area contributed by atoms with E-state index in [1.807, 2.05) is 0 Å². The minimum absolute atomic E-state index is 0.0825.